The summed E-state index contributed by atoms with van der Waals surface area (Å²) < 4.78 is 40.5. The van der Waals surface area contributed by atoms with Gasteiger partial charge in [0, 0.05) is 17.6 Å². The highest BCUT2D eigenvalue weighted by atomic mass is 79.9. The molecule has 2 rings (SSSR count). The van der Waals surface area contributed by atoms with Crippen LogP contribution in [-0.4, -0.2) is 50.5 Å². The molecule has 7 nitrogen and oxygen atoms in total. The van der Waals surface area contributed by atoms with Crippen molar-refractivity contribution in [3.8, 4) is 0 Å². The standard InChI is InChI=1S/C21H25BrFN3O4S/c1-4-24-21(28)15(2)25(13-16-8-7-9-17(22)12-16)20(27)14-26(31(3,29)30)19-11-6-5-10-18(19)23/h5-12,15H,4,13-14H2,1-3H3,(H,24,28)/t15-/m0/s1. The molecule has 0 aromatic heterocycles. The number of nitrogens with zero attached hydrogens (tertiary/aromatic N) is 2. The predicted molar refractivity (Wildman–Crippen MR) is 121 cm³/mol. The van der Waals surface area contributed by atoms with Crippen LogP contribution in [0.5, 0.6) is 0 Å². The Bertz CT molecular complexity index is 1050. The van der Waals surface area contributed by atoms with E-state index < -0.39 is 34.3 Å². The zero-order chi connectivity index (χ0) is 23.2. The monoisotopic (exact) mass is 513 g/mol. The summed E-state index contributed by atoms with van der Waals surface area (Å²) in [5.41, 5.74) is 0.516. The van der Waals surface area contributed by atoms with Crippen LogP contribution in [0.4, 0.5) is 10.1 Å². The van der Waals surface area contributed by atoms with Crippen LogP contribution in [0.15, 0.2) is 53.0 Å². The first-order chi connectivity index (χ1) is 14.5. The van der Waals surface area contributed by atoms with E-state index >= 15 is 0 Å². The van der Waals surface area contributed by atoms with E-state index in [1.54, 1.807) is 32.0 Å². The Kier molecular flexibility index (Phi) is 8.58. The van der Waals surface area contributed by atoms with E-state index in [0.717, 1.165) is 22.4 Å². The molecular weight excluding hydrogens is 489 g/mol. The maximum absolute atomic E-state index is 14.3. The third-order valence-electron chi connectivity index (χ3n) is 4.56. The minimum absolute atomic E-state index is 0.0748. The number of halogens is 2. The van der Waals surface area contributed by atoms with Gasteiger partial charge in [-0.15, -0.1) is 0 Å². The van der Waals surface area contributed by atoms with Gasteiger partial charge in [0.2, 0.25) is 21.8 Å². The molecule has 0 radical (unpaired) electrons. The van der Waals surface area contributed by atoms with Gasteiger partial charge in [-0.25, -0.2) is 12.8 Å². The van der Waals surface area contributed by atoms with Crippen molar-refractivity contribution in [3.63, 3.8) is 0 Å². The molecule has 2 aromatic rings. The van der Waals surface area contributed by atoms with E-state index in [0.29, 0.717) is 10.8 Å². The zero-order valence-electron chi connectivity index (χ0n) is 17.5. The molecule has 2 aromatic carbocycles. The summed E-state index contributed by atoms with van der Waals surface area (Å²) in [6.07, 6.45) is 0.901. The molecule has 0 spiro atoms. The van der Waals surface area contributed by atoms with Gasteiger partial charge in [0.25, 0.3) is 0 Å². The van der Waals surface area contributed by atoms with Crippen LogP contribution in [-0.2, 0) is 26.2 Å². The predicted octanol–water partition coefficient (Wildman–Crippen LogP) is 2.91. The second kappa shape index (κ2) is 10.7. The Morgan fingerprint density at radius 2 is 1.84 bits per heavy atom. The highest BCUT2D eigenvalue weighted by molar-refractivity contribution is 9.10. The fourth-order valence-electron chi connectivity index (χ4n) is 2.99. The molecule has 0 fully saturated rings. The number of carbonyl (C=O) groups excluding carboxylic acids is 2. The lowest BCUT2D eigenvalue weighted by Crippen LogP contribution is -2.51. The van der Waals surface area contributed by atoms with E-state index in [1.807, 2.05) is 6.07 Å². The van der Waals surface area contributed by atoms with Gasteiger partial charge in [-0.1, -0.05) is 40.2 Å². The largest absolute Gasteiger partial charge is 0.355 e. The molecule has 0 heterocycles. The number of hydrogen-bond donors (Lipinski definition) is 1. The normalized spacial score (nSPS) is 12.2. The Labute approximate surface area is 190 Å². The maximum Gasteiger partial charge on any atom is 0.244 e. The van der Waals surface area contributed by atoms with Gasteiger partial charge in [0.05, 0.1) is 11.9 Å². The first kappa shape index (κ1) is 24.8. The van der Waals surface area contributed by atoms with Crippen molar-refractivity contribution in [2.24, 2.45) is 0 Å². The van der Waals surface area contributed by atoms with Gasteiger partial charge in [-0.2, -0.15) is 0 Å². The number of likely N-dealkylation sites (N-methyl/N-ethyl adjacent to an activating group) is 1. The summed E-state index contributed by atoms with van der Waals surface area (Å²) in [5, 5.41) is 2.67. The first-order valence-electron chi connectivity index (χ1n) is 9.58. The average Bonchev–Trinajstić information content (AvgIpc) is 2.69. The summed E-state index contributed by atoms with van der Waals surface area (Å²) in [5.74, 6) is -1.77. The molecular formula is C21H25BrFN3O4S. The molecule has 1 N–H and O–H groups in total. The van der Waals surface area contributed by atoms with Gasteiger partial charge in [0.15, 0.2) is 0 Å². The summed E-state index contributed by atoms with van der Waals surface area (Å²) >= 11 is 3.37. The molecule has 168 valence electrons. The number of hydrogen-bond acceptors (Lipinski definition) is 4. The highest BCUT2D eigenvalue weighted by Crippen LogP contribution is 2.22. The Hall–Kier alpha value is -2.46. The topological polar surface area (TPSA) is 86.8 Å². The molecule has 0 bridgehead atoms. The summed E-state index contributed by atoms with van der Waals surface area (Å²) in [7, 11) is -3.97. The van der Waals surface area contributed by atoms with Gasteiger partial charge in [-0.05, 0) is 43.7 Å². The first-order valence-corrected chi connectivity index (χ1v) is 12.2. The van der Waals surface area contributed by atoms with Crippen molar-refractivity contribution in [2.45, 2.75) is 26.4 Å². The lowest BCUT2D eigenvalue weighted by Gasteiger charge is -2.31. The van der Waals surface area contributed by atoms with Crippen LogP contribution in [0.3, 0.4) is 0 Å². The second-order valence-electron chi connectivity index (χ2n) is 6.94. The molecule has 10 heteroatoms. The van der Waals surface area contributed by atoms with Gasteiger partial charge in [0.1, 0.15) is 18.4 Å². The smallest absolute Gasteiger partial charge is 0.244 e. The second-order valence-corrected chi connectivity index (χ2v) is 9.77. The fourth-order valence-corrected chi connectivity index (χ4v) is 4.28. The number of sulfonamides is 1. The van der Waals surface area contributed by atoms with E-state index in [-0.39, 0.29) is 18.1 Å². The van der Waals surface area contributed by atoms with Crippen LogP contribution < -0.4 is 9.62 Å². The molecule has 1 atom stereocenters. The quantitative estimate of drug-likeness (QED) is 0.558. The highest BCUT2D eigenvalue weighted by Gasteiger charge is 2.30. The number of para-hydroxylation sites is 1. The van der Waals surface area contributed by atoms with Crippen LogP contribution in [0, 0.1) is 5.82 Å². The van der Waals surface area contributed by atoms with Crippen molar-refractivity contribution in [1.82, 2.24) is 10.2 Å². The number of amides is 2. The Morgan fingerprint density at radius 3 is 2.42 bits per heavy atom. The average molecular weight is 514 g/mol. The zero-order valence-corrected chi connectivity index (χ0v) is 19.9. The lowest BCUT2D eigenvalue weighted by atomic mass is 10.1. The molecule has 31 heavy (non-hydrogen) atoms. The Morgan fingerprint density at radius 1 is 1.16 bits per heavy atom. The van der Waals surface area contributed by atoms with E-state index in [2.05, 4.69) is 21.2 Å². The van der Waals surface area contributed by atoms with Crippen LogP contribution in [0.1, 0.15) is 19.4 Å². The number of benzene rings is 2. The fraction of sp³-hybridized carbons (Fsp3) is 0.333. The van der Waals surface area contributed by atoms with Crippen molar-refractivity contribution in [3.05, 3.63) is 64.4 Å². The molecule has 0 aliphatic heterocycles. The summed E-state index contributed by atoms with van der Waals surface area (Å²) in [6, 6.07) is 11.7. The van der Waals surface area contributed by atoms with Crippen LogP contribution in [0.25, 0.3) is 0 Å². The van der Waals surface area contributed by atoms with Gasteiger partial charge >= 0.3 is 0 Å². The lowest BCUT2D eigenvalue weighted by molar-refractivity contribution is -0.139. The molecule has 0 unspecified atom stereocenters. The van der Waals surface area contributed by atoms with E-state index in [4.69, 9.17) is 0 Å². The summed E-state index contributed by atoms with van der Waals surface area (Å²) in [6.45, 7) is 3.14. The third-order valence-corrected chi connectivity index (χ3v) is 6.18. The molecule has 0 saturated carbocycles. The molecule has 2 amide bonds. The molecule has 0 aliphatic carbocycles. The van der Waals surface area contributed by atoms with Crippen LogP contribution in [0.2, 0.25) is 0 Å². The number of rotatable bonds is 9. The number of nitrogens with one attached hydrogen (secondary N) is 1. The minimum atomic E-state index is -3.97. The van der Waals surface area contributed by atoms with Crippen molar-refractivity contribution < 1.29 is 22.4 Å². The summed E-state index contributed by atoms with van der Waals surface area (Å²) in [4.78, 5) is 27.0. The maximum atomic E-state index is 14.3. The molecule has 0 saturated heterocycles. The third kappa shape index (κ3) is 6.76. The minimum Gasteiger partial charge on any atom is -0.355 e. The molecule has 0 aliphatic rings. The van der Waals surface area contributed by atoms with Crippen molar-refractivity contribution in [2.75, 3.05) is 23.7 Å². The SMILES string of the molecule is CCNC(=O)[C@H](C)N(Cc1cccc(Br)c1)C(=O)CN(c1ccccc1F)S(C)(=O)=O. The van der Waals surface area contributed by atoms with Gasteiger partial charge < -0.3 is 10.2 Å². The van der Waals surface area contributed by atoms with Crippen molar-refractivity contribution in [1.29, 1.82) is 0 Å². The van der Waals surface area contributed by atoms with Gasteiger partial charge in [-0.3, -0.25) is 13.9 Å². The van der Waals surface area contributed by atoms with E-state index in [1.165, 1.54) is 23.1 Å². The number of anilines is 1. The van der Waals surface area contributed by atoms with E-state index in [9.17, 15) is 22.4 Å². The van der Waals surface area contributed by atoms with Crippen LogP contribution >= 0.6 is 15.9 Å². The Balaban J connectivity index is 2.40. The van der Waals surface area contributed by atoms with Crippen molar-refractivity contribution >= 4 is 43.5 Å². The number of carbonyl (C=O) groups is 2.